The number of nitrogens with one attached hydrogen (secondary N) is 4. The second-order valence-corrected chi connectivity index (χ2v) is 8.29. The number of amides is 1. The molecule has 1 fully saturated rings. The van der Waals surface area contributed by atoms with Crippen molar-refractivity contribution < 1.29 is 13.9 Å². The summed E-state index contributed by atoms with van der Waals surface area (Å²) < 4.78 is 20.4. The minimum atomic E-state index is -1.00. The van der Waals surface area contributed by atoms with Gasteiger partial charge in [-0.05, 0) is 18.6 Å². The number of H-pyrrole nitrogens is 1. The number of aryl methyl sites for hydroxylation is 2. The summed E-state index contributed by atoms with van der Waals surface area (Å²) in [7, 11) is 3.35. The van der Waals surface area contributed by atoms with Crippen LogP contribution in [0, 0.1) is 6.92 Å². The highest BCUT2D eigenvalue weighted by molar-refractivity contribution is 6.06. The zero-order valence-corrected chi connectivity index (χ0v) is 19.0. The van der Waals surface area contributed by atoms with Crippen molar-refractivity contribution in [1.29, 1.82) is 0 Å². The van der Waals surface area contributed by atoms with Crippen molar-refractivity contribution >= 4 is 34.1 Å². The highest BCUT2D eigenvalue weighted by Gasteiger charge is 2.29. The van der Waals surface area contributed by atoms with E-state index in [2.05, 4.69) is 31.0 Å². The van der Waals surface area contributed by atoms with Crippen molar-refractivity contribution in [3.8, 4) is 17.1 Å². The molecule has 0 radical (unpaired) electrons. The number of aromatic amines is 1. The Morgan fingerprint density at radius 2 is 2.18 bits per heavy atom. The summed E-state index contributed by atoms with van der Waals surface area (Å²) in [5.74, 6) is 0.592. The molecule has 11 heteroatoms. The molecule has 10 nitrogen and oxygen atoms in total. The fourth-order valence-electron chi connectivity index (χ4n) is 4.17. The maximum atomic E-state index is 13.5. The molecule has 1 saturated heterocycles. The van der Waals surface area contributed by atoms with E-state index in [1.165, 1.54) is 0 Å². The number of carbonyl (C=O) groups excluding carboxylic acids is 1. The standard InChI is InChI=1S/C23H25FN8O2/c1-12-8-27-23(29-18-11-32(2)31-22(18)34-3)30-19(12)15-10-26-20-14(15)5-4-6-16(20)28-21(33)17-7-13(24)9-25-17/h4-6,8,10-11,13,17,25-26H,7,9H2,1-3H3,(H,28,33)(H,27,29,30)/t13-,17+/m0/s1. The van der Waals surface area contributed by atoms with Crippen LogP contribution in [0.15, 0.2) is 36.8 Å². The number of benzene rings is 1. The number of alkyl halides is 1. The van der Waals surface area contributed by atoms with E-state index in [4.69, 9.17) is 9.72 Å². The molecule has 0 bridgehead atoms. The lowest BCUT2D eigenvalue weighted by atomic mass is 10.1. The molecule has 0 spiro atoms. The lowest BCUT2D eigenvalue weighted by Crippen LogP contribution is -2.35. The molecule has 0 unspecified atom stereocenters. The zero-order chi connectivity index (χ0) is 23.8. The average molecular weight is 465 g/mol. The number of hydrogen-bond donors (Lipinski definition) is 4. The molecule has 1 amide bonds. The van der Waals surface area contributed by atoms with Crippen LogP contribution < -0.4 is 20.7 Å². The molecular weight excluding hydrogens is 439 g/mol. The minimum absolute atomic E-state index is 0.176. The summed E-state index contributed by atoms with van der Waals surface area (Å²) in [5.41, 5.74) is 4.55. The molecule has 5 rings (SSSR count). The van der Waals surface area contributed by atoms with Gasteiger partial charge in [-0.25, -0.2) is 14.4 Å². The second-order valence-electron chi connectivity index (χ2n) is 8.29. The van der Waals surface area contributed by atoms with Gasteiger partial charge in [0.25, 0.3) is 5.88 Å². The Bertz CT molecular complexity index is 1360. The molecule has 1 aromatic carbocycles. The van der Waals surface area contributed by atoms with E-state index >= 15 is 0 Å². The third-order valence-corrected chi connectivity index (χ3v) is 5.83. The Balaban J connectivity index is 1.46. The number of nitrogens with zero attached hydrogens (tertiary/aromatic N) is 4. The van der Waals surface area contributed by atoms with Gasteiger partial charge in [0.2, 0.25) is 11.9 Å². The van der Waals surface area contributed by atoms with E-state index in [0.29, 0.717) is 23.2 Å². The molecule has 3 aromatic heterocycles. The number of carbonyl (C=O) groups is 1. The zero-order valence-electron chi connectivity index (χ0n) is 19.0. The first-order chi connectivity index (χ1) is 16.4. The van der Waals surface area contributed by atoms with Gasteiger partial charge in [0, 0.05) is 43.4 Å². The molecule has 4 heterocycles. The maximum absolute atomic E-state index is 13.5. The van der Waals surface area contributed by atoms with Crippen LogP contribution in [-0.4, -0.2) is 56.5 Å². The predicted molar refractivity (Wildman–Crippen MR) is 127 cm³/mol. The van der Waals surface area contributed by atoms with Gasteiger partial charge in [-0.15, -0.1) is 5.10 Å². The molecule has 176 valence electrons. The Morgan fingerprint density at radius 1 is 1.32 bits per heavy atom. The fraction of sp³-hybridized carbons (Fsp3) is 0.304. The van der Waals surface area contributed by atoms with Crippen LogP contribution in [0.2, 0.25) is 0 Å². The predicted octanol–water partition coefficient (Wildman–Crippen LogP) is 3.06. The Labute approximate surface area is 194 Å². The fourth-order valence-corrected chi connectivity index (χ4v) is 4.17. The third kappa shape index (κ3) is 4.05. The summed E-state index contributed by atoms with van der Waals surface area (Å²) in [4.78, 5) is 25.0. The Kier molecular flexibility index (Phi) is 5.62. The first kappa shape index (κ1) is 21.8. The van der Waals surface area contributed by atoms with Crippen molar-refractivity contribution in [2.45, 2.75) is 25.6 Å². The number of methoxy groups -OCH3 is 1. The molecule has 0 aliphatic carbocycles. The largest absolute Gasteiger partial charge is 0.478 e. The van der Waals surface area contributed by atoms with Crippen LogP contribution >= 0.6 is 0 Å². The summed E-state index contributed by atoms with van der Waals surface area (Å²) >= 11 is 0. The molecule has 0 saturated carbocycles. The van der Waals surface area contributed by atoms with E-state index in [0.717, 1.165) is 27.7 Å². The normalized spacial score (nSPS) is 17.8. The maximum Gasteiger partial charge on any atom is 0.256 e. The van der Waals surface area contributed by atoms with Crippen molar-refractivity contribution in [3.05, 3.63) is 42.4 Å². The van der Waals surface area contributed by atoms with Crippen LogP contribution in [-0.2, 0) is 11.8 Å². The van der Waals surface area contributed by atoms with Crippen molar-refractivity contribution in [3.63, 3.8) is 0 Å². The van der Waals surface area contributed by atoms with Crippen molar-refractivity contribution in [2.24, 2.45) is 7.05 Å². The molecule has 34 heavy (non-hydrogen) atoms. The lowest BCUT2D eigenvalue weighted by Gasteiger charge is -2.12. The third-order valence-electron chi connectivity index (χ3n) is 5.83. The van der Waals surface area contributed by atoms with Gasteiger partial charge < -0.3 is 25.7 Å². The van der Waals surface area contributed by atoms with Crippen LogP contribution in [0.1, 0.15) is 12.0 Å². The van der Waals surface area contributed by atoms with E-state index in [1.807, 2.05) is 31.3 Å². The molecule has 4 aromatic rings. The highest BCUT2D eigenvalue weighted by Crippen LogP contribution is 2.34. The van der Waals surface area contributed by atoms with E-state index < -0.39 is 12.2 Å². The van der Waals surface area contributed by atoms with Crippen LogP contribution in [0.5, 0.6) is 5.88 Å². The number of ether oxygens (including phenoxy) is 1. The van der Waals surface area contributed by atoms with Gasteiger partial charge in [0.05, 0.1) is 36.2 Å². The Morgan fingerprint density at radius 3 is 2.94 bits per heavy atom. The van der Waals surface area contributed by atoms with Gasteiger partial charge >= 0.3 is 0 Å². The van der Waals surface area contributed by atoms with Gasteiger partial charge in [-0.1, -0.05) is 12.1 Å². The topological polar surface area (TPSA) is 122 Å². The summed E-state index contributed by atoms with van der Waals surface area (Å²) in [6.45, 7) is 2.14. The van der Waals surface area contributed by atoms with E-state index in [1.54, 1.807) is 31.2 Å². The molecule has 4 N–H and O–H groups in total. The first-order valence-electron chi connectivity index (χ1n) is 10.9. The van der Waals surface area contributed by atoms with Crippen LogP contribution in [0.25, 0.3) is 22.2 Å². The monoisotopic (exact) mass is 464 g/mol. The number of anilines is 3. The Hall–Kier alpha value is -3.99. The quantitative estimate of drug-likeness (QED) is 0.346. The summed E-state index contributed by atoms with van der Waals surface area (Å²) in [5, 5.41) is 14.1. The van der Waals surface area contributed by atoms with E-state index in [-0.39, 0.29) is 18.9 Å². The molecule has 1 aliphatic heterocycles. The number of hydrogen-bond acceptors (Lipinski definition) is 7. The van der Waals surface area contributed by atoms with Crippen LogP contribution in [0.4, 0.5) is 21.7 Å². The van der Waals surface area contributed by atoms with Gasteiger partial charge in [0.1, 0.15) is 11.9 Å². The van der Waals surface area contributed by atoms with Gasteiger partial charge in [-0.2, -0.15) is 0 Å². The summed E-state index contributed by atoms with van der Waals surface area (Å²) in [6, 6.07) is 5.10. The lowest BCUT2D eigenvalue weighted by molar-refractivity contribution is -0.117. The first-order valence-corrected chi connectivity index (χ1v) is 10.9. The van der Waals surface area contributed by atoms with Crippen molar-refractivity contribution in [2.75, 3.05) is 24.3 Å². The van der Waals surface area contributed by atoms with Gasteiger partial charge in [-0.3, -0.25) is 9.48 Å². The second kappa shape index (κ2) is 8.75. The minimum Gasteiger partial charge on any atom is -0.478 e. The van der Waals surface area contributed by atoms with E-state index in [9.17, 15) is 9.18 Å². The molecular formula is C23H25FN8O2. The highest BCUT2D eigenvalue weighted by atomic mass is 19.1. The molecule has 2 atom stereocenters. The van der Waals surface area contributed by atoms with Gasteiger partial charge in [0.15, 0.2) is 0 Å². The van der Waals surface area contributed by atoms with Crippen molar-refractivity contribution in [1.82, 2.24) is 30.0 Å². The van der Waals surface area contributed by atoms with Crippen LogP contribution in [0.3, 0.4) is 0 Å². The number of rotatable bonds is 6. The number of fused-ring (bicyclic) bond motifs is 1. The average Bonchev–Trinajstić information content (AvgIpc) is 3.53. The SMILES string of the molecule is COc1nn(C)cc1Nc1ncc(C)c(-c2c[nH]c3c(NC(=O)[C@H]4C[C@H](F)CN4)cccc23)n1. The smallest absolute Gasteiger partial charge is 0.256 e. The summed E-state index contributed by atoms with van der Waals surface area (Å²) in [6.07, 6.45) is 4.56. The molecule has 1 aliphatic rings. The number of para-hydroxylation sites is 1. The number of aromatic nitrogens is 5. The number of halogens is 1.